The van der Waals surface area contributed by atoms with E-state index in [9.17, 15) is 0 Å². The molecule has 0 atom stereocenters. The molecule has 0 amide bonds. The van der Waals surface area contributed by atoms with Crippen LogP contribution in [0.2, 0.25) is 0 Å². The minimum absolute atomic E-state index is 1.24. The average Bonchev–Trinajstić information content (AvgIpc) is 3.51. The van der Waals surface area contributed by atoms with Gasteiger partial charge in [-0.25, -0.2) is 0 Å². The molecule has 1 heterocycles. The third kappa shape index (κ3) is 3.82. The van der Waals surface area contributed by atoms with Gasteiger partial charge in [-0.3, -0.25) is 0 Å². The Bertz CT molecular complexity index is 2160. The Morgan fingerprint density at radius 3 is 1.36 bits per heavy atom. The summed E-state index contributed by atoms with van der Waals surface area (Å²) in [6.07, 6.45) is 0. The van der Waals surface area contributed by atoms with E-state index >= 15 is 0 Å². The van der Waals surface area contributed by atoms with Gasteiger partial charge in [0.1, 0.15) is 0 Å². The zero-order valence-electron chi connectivity index (χ0n) is 21.3. The molecule has 8 aromatic rings. The maximum Gasteiger partial charge on any atom is 0.0349 e. The van der Waals surface area contributed by atoms with E-state index in [-0.39, 0.29) is 0 Å². The Morgan fingerprint density at radius 1 is 0.282 bits per heavy atom. The molecule has 1 aromatic heterocycles. The van der Waals surface area contributed by atoms with Crippen LogP contribution in [-0.2, 0) is 0 Å². The van der Waals surface area contributed by atoms with Crippen molar-refractivity contribution in [2.75, 3.05) is 0 Å². The molecule has 0 radical (unpaired) electrons. The summed E-state index contributed by atoms with van der Waals surface area (Å²) in [6.45, 7) is 0. The first-order valence-electron chi connectivity index (χ1n) is 13.3. The van der Waals surface area contributed by atoms with E-state index < -0.39 is 0 Å². The Morgan fingerprint density at radius 2 is 0.718 bits per heavy atom. The lowest BCUT2D eigenvalue weighted by atomic mass is 9.97. The lowest BCUT2D eigenvalue weighted by Crippen LogP contribution is -1.82. The number of benzene rings is 7. The molecule has 39 heavy (non-hydrogen) atoms. The Labute approximate surface area is 231 Å². The van der Waals surface area contributed by atoms with Crippen molar-refractivity contribution in [1.29, 1.82) is 0 Å². The van der Waals surface area contributed by atoms with Gasteiger partial charge in [-0.05, 0) is 89.6 Å². The Hall–Kier alpha value is -4.72. The highest BCUT2D eigenvalue weighted by atomic mass is 32.1. The van der Waals surface area contributed by atoms with E-state index in [0.29, 0.717) is 0 Å². The van der Waals surface area contributed by atoms with Crippen LogP contribution in [0.25, 0.3) is 75.1 Å². The third-order valence-electron chi connectivity index (χ3n) is 7.88. The molecule has 0 fully saturated rings. The van der Waals surface area contributed by atoms with E-state index in [0.717, 1.165) is 0 Å². The summed E-state index contributed by atoms with van der Waals surface area (Å²) in [5.41, 5.74) is 5.02. The minimum Gasteiger partial charge on any atom is -0.135 e. The standard InChI is InChI=1S/C38H24S/c1-3-7-33-26(5-1)11-15-30-23-29(17-19-35(30)33)25-9-13-28(14-10-25)37-21-22-38(39-37)32-18-20-36-31(24-32)16-12-27-6-2-4-8-34(27)36/h1-24H. The number of fused-ring (bicyclic) bond motifs is 6. The Kier molecular flexibility index (Phi) is 5.11. The summed E-state index contributed by atoms with van der Waals surface area (Å²) in [5, 5.41) is 10.4. The van der Waals surface area contributed by atoms with Crippen molar-refractivity contribution in [3.63, 3.8) is 0 Å². The van der Waals surface area contributed by atoms with Crippen molar-refractivity contribution in [2.24, 2.45) is 0 Å². The van der Waals surface area contributed by atoms with Gasteiger partial charge in [-0.2, -0.15) is 0 Å². The number of thiophene rings is 1. The van der Waals surface area contributed by atoms with Crippen LogP contribution in [0.3, 0.4) is 0 Å². The first-order valence-corrected chi connectivity index (χ1v) is 14.2. The molecule has 0 spiro atoms. The topological polar surface area (TPSA) is 0 Å². The summed E-state index contributed by atoms with van der Waals surface area (Å²) in [4.78, 5) is 2.59. The van der Waals surface area contributed by atoms with Gasteiger partial charge < -0.3 is 0 Å². The van der Waals surface area contributed by atoms with Gasteiger partial charge in [0.05, 0.1) is 0 Å². The first kappa shape index (κ1) is 22.3. The number of hydrogen-bond donors (Lipinski definition) is 0. The molecule has 182 valence electrons. The summed E-state index contributed by atoms with van der Waals surface area (Å²) in [5.74, 6) is 0. The second kappa shape index (κ2) is 8.94. The average molecular weight is 513 g/mol. The predicted molar refractivity (Wildman–Crippen MR) is 171 cm³/mol. The SMILES string of the molecule is c1ccc2c(c1)ccc1cc(-c3ccc(-c4ccc(-c5ccc6c(ccc7ccccc76)c5)s4)cc3)ccc12. The highest BCUT2D eigenvalue weighted by Crippen LogP contribution is 2.38. The minimum atomic E-state index is 1.24. The molecule has 0 N–H and O–H groups in total. The number of rotatable bonds is 3. The molecular weight excluding hydrogens is 488 g/mol. The van der Waals surface area contributed by atoms with Crippen molar-refractivity contribution in [2.45, 2.75) is 0 Å². The van der Waals surface area contributed by atoms with E-state index in [1.165, 1.54) is 75.1 Å². The first-order chi connectivity index (χ1) is 19.3. The monoisotopic (exact) mass is 512 g/mol. The van der Waals surface area contributed by atoms with Crippen molar-refractivity contribution in [3.8, 4) is 32.0 Å². The molecule has 0 aliphatic heterocycles. The van der Waals surface area contributed by atoms with E-state index in [1.807, 2.05) is 11.3 Å². The van der Waals surface area contributed by atoms with E-state index in [2.05, 4.69) is 146 Å². The second-order valence-electron chi connectivity index (χ2n) is 10.2. The normalized spacial score (nSPS) is 11.6. The van der Waals surface area contributed by atoms with Crippen LogP contribution in [0.1, 0.15) is 0 Å². The summed E-state index contributed by atoms with van der Waals surface area (Å²) >= 11 is 1.86. The maximum atomic E-state index is 2.32. The fourth-order valence-electron chi connectivity index (χ4n) is 5.83. The van der Waals surface area contributed by atoms with Crippen LogP contribution in [0, 0.1) is 0 Å². The van der Waals surface area contributed by atoms with E-state index in [4.69, 9.17) is 0 Å². The van der Waals surface area contributed by atoms with Gasteiger partial charge in [0.15, 0.2) is 0 Å². The molecular formula is C38H24S. The molecule has 8 rings (SSSR count). The molecule has 0 saturated carbocycles. The van der Waals surface area contributed by atoms with Gasteiger partial charge >= 0.3 is 0 Å². The number of hydrogen-bond acceptors (Lipinski definition) is 1. The smallest absolute Gasteiger partial charge is 0.0349 e. The molecule has 0 bridgehead atoms. The predicted octanol–water partition coefficient (Wildman–Crippen LogP) is 11.4. The van der Waals surface area contributed by atoms with Crippen LogP contribution in [-0.4, -0.2) is 0 Å². The van der Waals surface area contributed by atoms with Crippen LogP contribution < -0.4 is 0 Å². The summed E-state index contributed by atoms with van der Waals surface area (Å²) in [6, 6.07) is 53.3. The van der Waals surface area contributed by atoms with E-state index in [1.54, 1.807) is 0 Å². The van der Waals surface area contributed by atoms with Gasteiger partial charge in [-0.15, -0.1) is 11.3 Å². The van der Waals surface area contributed by atoms with Gasteiger partial charge in [-0.1, -0.05) is 121 Å². The zero-order valence-corrected chi connectivity index (χ0v) is 22.1. The van der Waals surface area contributed by atoms with Gasteiger partial charge in [0.2, 0.25) is 0 Å². The lowest BCUT2D eigenvalue weighted by Gasteiger charge is -2.08. The van der Waals surface area contributed by atoms with Crippen molar-refractivity contribution < 1.29 is 0 Å². The zero-order chi connectivity index (χ0) is 25.8. The lowest BCUT2D eigenvalue weighted by molar-refractivity contribution is 1.64. The second-order valence-corrected chi connectivity index (χ2v) is 11.3. The van der Waals surface area contributed by atoms with Gasteiger partial charge in [0, 0.05) is 9.75 Å². The van der Waals surface area contributed by atoms with Crippen LogP contribution in [0.5, 0.6) is 0 Å². The van der Waals surface area contributed by atoms with Crippen LogP contribution in [0.15, 0.2) is 146 Å². The third-order valence-corrected chi connectivity index (χ3v) is 9.07. The summed E-state index contributed by atoms with van der Waals surface area (Å²) < 4.78 is 0. The van der Waals surface area contributed by atoms with Gasteiger partial charge in [0.25, 0.3) is 0 Å². The highest BCUT2D eigenvalue weighted by molar-refractivity contribution is 7.18. The molecule has 1 heteroatoms. The molecule has 0 saturated heterocycles. The summed E-state index contributed by atoms with van der Waals surface area (Å²) in [7, 11) is 0. The highest BCUT2D eigenvalue weighted by Gasteiger charge is 2.09. The fourth-order valence-corrected chi connectivity index (χ4v) is 6.84. The maximum absolute atomic E-state index is 2.32. The molecule has 7 aromatic carbocycles. The van der Waals surface area contributed by atoms with Crippen molar-refractivity contribution in [1.82, 2.24) is 0 Å². The van der Waals surface area contributed by atoms with Crippen LogP contribution in [0.4, 0.5) is 0 Å². The molecule has 0 aliphatic carbocycles. The van der Waals surface area contributed by atoms with Crippen molar-refractivity contribution in [3.05, 3.63) is 146 Å². The fraction of sp³-hybridized carbons (Fsp3) is 0. The largest absolute Gasteiger partial charge is 0.135 e. The quantitative estimate of drug-likeness (QED) is 0.207. The molecule has 0 unspecified atom stereocenters. The van der Waals surface area contributed by atoms with Crippen LogP contribution >= 0.6 is 11.3 Å². The molecule has 0 aliphatic rings. The Balaban J connectivity index is 1.10. The van der Waals surface area contributed by atoms with Crippen molar-refractivity contribution >= 4 is 54.4 Å². The molecule has 0 nitrogen and oxygen atoms in total.